The van der Waals surface area contributed by atoms with Gasteiger partial charge in [-0.25, -0.2) is 18.4 Å². The Morgan fingerprint density at radius 1 is 1.06 bits per heavy atom. The van der Waals surface area contributed by atoms with E-state index in [-0.39, 0.29) is 23.7 Å². The second-order valence-electron chi connectivity index (χ2n) is 8.00. The summed E-state index contributed by atoms with van der Waals surface area (Å²) in [5, 5.41) is 0.975. The van der Waals surface area contributed by atoms with Crippen molar-refractivity contribution < 1.29 is 13.2 Å². The van der Waals surface area contributed by atoms with E-state index in [0.29, 0.717) is 11.4 Å². The lowest BCUT2D eigenvalue weighted by Crippen LogP contribution is -2.19. The molecule has 0 N–H and O–H groups in total. The van der Waals surface area contributed by atoms with E-state index in [1.165, 1.54) is 6.20 Å². The van der Waals surface area contributed by atoms with Gasteiger partial charge in [-0.15, -0.1) is 0 Å². The fourth-order valence-corrected chi connectivity index (χ4v) is 4.19. The fourth-order valence-electron chi connectivity index (χ4n) is 3.58. The lowest BCUT2D eigenvalue weighted by Gasteiger charge is -2.10. The van der Waals surface area contributed by atoms with E-state index in [1.807, 2.05) is 47.3 Å². The third-order valence-corrected chi connectivity index (χ3v) is 6.00. The highest BCUT2D eigenvalue weighted by molar-refractivity contribution is 7.89. The molecule has 0 saturated heterocycles. The van der Waals surface area contributed by atoms with Crippen LogP contribution in [0.25, 0.3) is 16.6 Å². The molecule has 1 aromatic carbocycles. The summed E-state index contributed by atoms with van der Waals surface area (Å²) in [6.45, 7) is 3.03. The molecule has 0 spiro atoms. The smallest absolute Gasteiger partial charge is 0.252 e. The maximum Gasteiger partial charge on any atom is 0.252 e. The monoisotopic (exact) mass is 466 g/mol. The third-order valence-electron chi connectivity index (χ3n) is 5.21. The molecule has 0 saturated carbocycles. The van der Waals surface area contributed by atoms with Crippen LogP contribution in [0.2, 0.25) is 0 Å². The van der Waals surface area contributed by atoms with Gasteiger partial charge in [-0.2, -0.15) is 0 Å². The van der Waals surface area contributed by atoms with Crippen LogP contribution < -0.4 is 10.3 Å². The van der Waals surface area contributed by atoms with Crippen LogP contribution in [-0.2, 0) is 28.7 Å². The van der Waals surface area contributed by atoms with Crippen molar-refractivity contribution in [3.8, 4) is 11.4 Å². The molecule has 8 nitrogen and oxygen atoms in total. The van der Waals surface area contributed by atoms with Gasteiger partial charge in [0.2, 0.25) is 0 Å². The van der Waals surface area contributed by atoms with Crippen molar-refractivity contribution >= 4 is 20.7 Å². The number of aryl methyl sites for hydroxylation is 1. The van der Waals surface area contributed by atoms with E-state index < -0.39 is 9.84 Å². The van der Waals surface area contributed by atoms with Crippen LogP contribution in [0, 0.1) is 0 Å². The van der Waals surface area contributed by atoms with Crippen LogP contribution >= 0.6 is 0 Å². The predicted octanol–water partition coefficient (Wildman–Crippen LogP) is 3.51. The van der Waals surface area contributed by atoms with Crippen LogP contribution in [0.3, 0.4) is 0 Å². The number of rotatable bonds is 9. The number of ether oxygens (including phenoxy) is 1. The molecular formula is C24H26N4O4S. The summed E-state index contributed by atoms with van der Waals surface area (Å²) in [6, 6.07) is 13.0. The molecule has 172 valence electrons. The van der Waals surface area contributed by atoms with E-state index >= 15 is 0 Å². The summed E-state index contributed by atoms with van der Waals surface area (Å²) in [5.41, 5.74) is 2.37. The third kappa shape index (κ3) is 5.67. The lowest BCUT2D eigenvalue weighted by molar-refractivity contribution is 0.301. The van der Waals surface area contributed by atoms with E-state index in [4.69, 9.17) is 4.74 Å². The average molecular weight is 467 g/mol. The maximum atomic E-state index is 12.4. The SMILES string of the molecule is CCCCn1ccc(-n2ccc3cc(OCc4ccnc(CS(C)(=O)=O)n4)ccc32)cc1=O. The minimum absolute atomic E-state index is 0.0113. The first-order valence-electron chi connectivity index (χ1n) is 10.8. The summed E-state index contributed by atoms with van der Waals surface area (Å²) >= 11 is 0. The van der Waals surface area contributed by atoms with Crippen molar-refractivity contribution in [3.63, 3.8) is 0 Å². The quantitative estimate of drug-likeness (QED) is 0.375. The van der Waals surface area contributed by atoms with Crippen LogP contribution in [-0.4, -0.2) is 33.8 Å². The first-order chi connectivity index (χ1) is 15.8. The summed E-state index contributed by atoms with van der Waals surface area (Å²) in [7, 11) is -3.20. The van der Waals surface area contributed by atoms with Crippen molar-refractivity contribution in [1.82, 2.24) is 19.1 Å². The number of sulfone groups is 1. The number of fused-ring (bicyclic) bond motifs is 1. The fraction of sp³-hybridized carbons (Fsp3) is 0.292. The van der Waals surface area contributed by atoms with E-state index in [9.17, 15) is 13.2 Å². The van der Waals surface area contributed by atoms with Gasteiger partial charge in [0.1, 0.15) is 23.9 Å². The lowest BCUT2D eigenvalue weighted by atomic mass is 10.2. The average Bonchev–Trinajstić information content (AvgIpc) is 3.19. The molecular weight excluding hydrogens is 440 g/mol. The Morgan fingerprint density at radius 3 is 2.67 bits per heavy atom. The molecule has 3 aromatic heterocycles. The molecule has 0 unspecified atom stereocenters. The van der Waals surface area contributed by atoms with E-state index in [2.05, 4.69) is 16.9 Å². The summed E-state index contributed by atoms with van der Waals surface area (Å²) in [4.78, 5) is 20.7. The highest BCUT2D eigenvalue weighted by Gasteiger charge is 2.10. The second-order valence-corrected chi connectivity index (χ2v) is 10.1. The number of hydrogen-bond donors (Lipinski definition) is 0. The first kappa shape index (κ1) is 22.7. The Balaban J connectivity index is 1.50. The van der Waals surface area contributed by atoms with Gasteiger partial charge in [0, 0.05) is 42.8 Å². The molecule has 3 heterocycles. The summed E-state index contributed by atoms with van der Waals surface area (Å²) < 4.78 is 32.5. The van der Waals surface area contributed by atoms with Crippen molar-refractivity contribution in [2.45, 2.75) is 38.7 Å². The van der Waals surface area contributed by atoms with Crippen molar-refractivity contribution in [1.29, 1.82) is 0 Å². The molecule has 9 heteroatoms. The van der Waals surface area contributed by atoms with Gasteiger partial charge in [0.15, 0.2) is 9.84 Å². The highest BCUT2D eigenvalue weighted by Crippen LogP contribution is 2.25. The Labute approximate surface area is 192 Å². The number of aromatic nitrogens is 4. The van der Waals surface area contributed by atoms with Crippen LogP contribution in [0.1, 0.15) is 31.3 Å². The molecule has 33 heavy (non-hydrogen) atoms. The first-order valence-corrected chi connectivity index (χ1v) is 12.8. The van der Waals surface area contributed by atoms with Crippen molar-refractivity contribution in [2.75, 3.05) is 6.26 Å². The number of nitrogens with zero attached hydrogens (tertiary/aromatic N) is 4. The Kier molecular flexibility index (Phi) is 6.60. The van der Waals surface area contributed by atoms with Gasteiger partial charge >= 0.3 is 0 Å². The van der Waals surface area contributed by atoms with Crippen LogP contribution in [0.4, 0.5) is 0 Å². The number of hydrogen-bond acceptors (Lipinski definition) is 6. The molecule has 0 aliphatic carbocycles. The largest absolute Gasteiger partial charge is 0.487 e. The molecule has 4 aromatic rings. The van der Waals surface area contributed by atoms with E-state index in [0.717, 1.165) is 42.2 Å². The van der Waals surface area contributed by atoms with E-state index in [1.54, 1.807) is 16.7 Å². The standard InChI is InChI=1S/C24H26N4O4S/c1-3-4-11-27-12-9-20(15-24(27)29)28-13-8-18-14-21(5-6-22(18)28)32-16-19-7-10-25-23(26-19)17-33(2,30)31/h5-10,12-15H,3-4,11,16-17H2,1-2H3. The molecule has 0 amide bonds. The molecule has 0 radical (unpaired) electrons. The van der Waals surface area contributed by atoms with Gasteiger partial charge in [-0.05, 0) is 42.8 Å². The zero-order valence-electron chi connectivity index (χ0n) is 18.6. The van der Waals surface area contributed by atoms with Crippen molar-refractivity contribution in [3.05, 3.63) is 82.9 Å². The molecule has 4 rings (SSSR count). The predicted molar refractivity (Wildman–Crippen MR) is 127 cm³/mol. The summed E-state index contributed by atoms with van der Waals surface area (Å²) in [6.07, 6.45) is 8.48. The number of unbranched alkanes of at least 4 members (excludes halogenated alkanes) is 1. The molecule has 0 atom stereocenters. The molecule has 0 aliphatic heterocycles. The molecule has 0 aliphatic rings. The van der Waals surface area contributed by atoms with Crippen molar-refractivity contribution in [2.24, 2.45) is 0 Å². The van der Waals surface area contributed by atoms with Crippen LogP contribution in [0.5, 0.6) is 5.75 Å². The topological polar surface area (TPSA) is 96.1 Å². The van der Waals surface area contributed by atoms with Gasteiger partial charge < -0.3 is 13.9 Å². The Bertz CT molecular complexity index is 1440. The zero-order valence-corrected chi connectivity index (χ0v) is 19.5. The molecule has 0 bridgehead atoms. The minimum Gasteiger partial charge on any atom is -0.487 e. The second kappa shape index (κ2) is 9.58. The normalized spacial score (nSPS) is 11.7. The minimum atomic E-state index is -3.20. The summed E-state index contributed by atoms with van der Waals surface area (Å²) in [5.74, 6) is 0.713. The molecule has 0 fully saturated rings. The Morgan fingerprint density at radius 2 is 1.91 bits per heavy atom. The van der Waals surface area contributed by atoms with Gasteiger partial charge in [0.25, 0.3) is 5.56 Å². The van der Waals surface area contributed by atoms with Crippen LogP contribution in [0.15, 0.2) is 65.8 Å². The van der Waals surface area contributed by atoms with Gasteiger partial charge in [0.05, 0.1) is 16.9 Å². The van der Waals surface area contributed by atoms with Gasteiger partial charge in [-0.1, -0.05) is 13.3 Å². The number of benzene rings is 1. The number of pyridine rings is 1. The van der Waals surface area contributed by atoms with Gasteiger partial charge in [-0.3, -0.25) is 4.79 Å². The zero-order chi connectivity index (χ0) is 23.4. The Hall–Kier alpha value is -3.46. The highest BCUT2D eigenvalue weighted by atomic mass is 32.2. The maximum absolute atomic E-state index is 12.4.